The van der Waals surface area contributed by atoms with Gasteiger partial charge < -0.3 is 0 Å². The van der Waals surface area contributed by atoms with E-state index in [1.165, 1.54) is 18.2 Å². The molecule has 0 radical (unpaired) electrons. The van der Waals surface area contributed by atoms with E-state index in [1.807, 2.05) is 6.92 Å². The molecule has 1 fully saturated rings. The number of rotatable bonds is 4. The third-order valence-electron chi connectivity index (χ3n) is 3.34. The maximum Gasteiger partial charge on any atom is 0.266 e. The van der Waals surface area contributed by atoms with Gasteiger partial charge in [0.05, 0.1) is 9.92 Å². The number of carbonyl (C=O) groups is 1. The minimum absolute atomic E-state index is 0.0827. The number of benzene rings is 1. The average Bonchev–Trinajstić information content (AvgIpc) is 2.75. The van der Waals surface area contributed by atoms with E-state index in [0.717, 1.165) is 17.1 Å². The highest BCUT2D eigenvalue weighted by Crippen LogP contribution is 2.31. The first-order valence-corrected chi connectivity index (χ1v) is 8.98. The summed E-state index contributed by atoms with van der Waals surface area (Å²) in [5.74, 6) is -0.201. The van der Waals surface area contributed by atoms with Crippen LogP contribution in [0.5, 0.6) is 0 Å². The van der Waals surface area contributed by atoms with E-state index in [4.69, 9.17) is 11.6 Å². The molecule has 1 saturated heterocycles. The first-order chi connectivity index (χ1) is 9.36. The molecule has 1 aliphatic rings. The Hall–Kier alpha value is -0.590. The molecule has 1 atom stereocenters. The van der Waals surface area contributed by atoms with Crippen LogP contribution < -0.4 is 0 Å². The van der Waals surface area contributed by atoms with Crippen molar-refractivity contribution in [3.63, 3.8) is 0 Å². The van der Waals surface area contributed by atoms with E-state index < -0.39 is 10.0 Å². The van der Waals surface area contributed by atoms with Crippen LogP contribution in [0.15, 0.2) is 27.6 Å². The highest BCUT2D eigenvalue weighted by molar-refractivity contribution is 9.10. The lowest BCUT2D eigenvalue weighted by Gasteiger charge is -2.17. The van der Waals surface area contributed by atoms with Crippen LogP contribution in [-0.4, -0.2) is 25.2 Å². The zero-order valence-electron chi connectivity index (χ0n) is 11.0. The standard InChI is InChI=1S/C13H15BrClNO3S/c1-2-3-9-6-13(17)16(8-9)20(18,19)10-4-5-12(15)11(14)7-10/h4-5,7,9H,2-3,6,8H2,1H3. The first kappa shape index (κ1) is 15.8. The van der Waals surface area contributed by atoms with Crippen LogP contribution in [0.25, 0.3) is 0 Å². The van der Waals surface area contributed by atoms with Crippen molar-refractivity contribution in [3.05, 3.63) is 27.7 Å². The fraction of sp³-hybridized carbons (Fsp3) is 0.462. The number of nitrogens with zero attached hydrogens (tertiary/aromatic N) is 1. The van der Waals surface area contributed by atoms with Gasteiger partial charge in [-0.3, -0.25) is 4.79 Å². The topological polar surface area (TPSA) is 54.5 Å². The third-order valence-corrected chi connectivity index (χ3v) is 6.34. The van der Waals surface area contributed by atoms with Crippen LogP contribution in [0.2, 0.25) is 5.02 Å². The van der Waals surface area contributed by atoms with Gasteiger partial charge in [-0.1, -0.05) is 24.9 Å². The summed E-state index contributed by atoms with van der Waals surface area (Å²) in [4.78, 5) is 12.0. The van der Waals surface area contributed by atoms with Crippen LogP contribution in [0.4, 0.5) is 0 Å². The van der Waals surface area contributed by atoms with Crippen LogP contribution in [0.1, 0.15) is 26.2 Å². The number of carbonyl (C=O) groups excluding carboxylic acids is 1. The predicted octanol–water partition coefficient (Wildman–Crippen LogP) is 3.44. The molecule has 0 aromatic heterocycles. The highest BCUT2D eigenvalue weighted by atomic mass is 79.9. The molecule has 1 aromatic rings. The van der Waals surface area contributed by atoms with Gasteiger partial charge in [-0.25, -0.2) is 12.7 Å². The molecule has 1 aromatic carbocycles. The maximum absolute atomic E-state index is 12.5. The average molecular weight is 381 g/mol. The molecule has 0 saturated carbocycles. The molecule has 0 N–H and O–H groups in total. The van der Waals surface area contributed by atoms with Crippen molar-refractivity contribution in [2.75, 3.05) is 6.54 Å². The monoisotopic (exact) mass is 379 g/mol. The molecule has 0 spiro atoms. The molecule has 1 aliphatic heterocycles. The summed E-state index contributed by atoms with van der Waals surface area (Å²) in [6, 6.07) is 4.35. The molecule has 7 heteroatoms. The Kier molecular flexibility index (Phi) is 4.76. The normalized spacial score (nSPS) is 19.6. The lowest BCUT2D eigenvalue weighted by molar-refractivity contribution is -0.123. The lowest BCUT2D eigenvalue weighted by atomic mass is 10.0. The number of halogens is 2. The molecule has 1 heterocycles. The van der Waals surface area contributed by atoms with Gasteiger partial charge in [0.15, 0.2) is 0 Å². The summed E-state index contributed by atoms with van der Waals surface area (Å²) in [5.41, 5.74) is 0. The van der Waals surface area contributed by atoms with Crippen LogP contribution in [0, 0.1) is 5.92 Å². The van der Waals surface area contributed by atoms with E-state index in [2.05, 4.69) is 15.9 Å². The van der Waals surface area contributed by atoms with Gasteiger partial charge >= 0.3 is 0 Å². The molecule has 0 bridgehead atoms. The van der Waals surface area contributed by atoms with Gasteiger partial charge in [-0.2, -0.15) is 0 Å². The summed E-state index contributed by atoms with van der Waals surface area (Å²) in [5, 5.41) is 0.431. The summed E-state index contributed by atoms with van der Waals surface area (Å²) in [7, 11) is -3.78. The second kappa shape index (κ2) is 6.03. The number of sulfonamides is 1. The van der Waals surface area contributed by atoms with Crippen LogP contribution in [0.3, 0.4) is 0 Å². The van der Waals surface area contributed by atoms with E-state index >= 15 is 0 Å². The van der Waals surface area contributed by atoms with Gasteiger partial charge in [0.25, 0.3) is 10.0 Å². The van der Waals surface area contributed by atoms with Crippen LogP contribution in [-0.2, 0) is 14.8 Å². The Bertz CT molecular complexity index is 633. The lowest BCUT2D eigenvalue weighted by Crippen LogP contribution is -2.32. The van der Waals surface area contributed by atoms with E-state index in [0.29, 0.717) is 15.9 Å². The first-order valence-electron chi connectivity index (χ1n) is 6.37. The van der Waals surface area contributed by atoms with E-state index in [-0.39, 0.29) is 23.3 Å². The van der Waals surface area contributed by atoms with Crippen molar-refractivity contribution >= 4 is 43.5 Å². The van der Waals surface area contributed by atoms with Crippen molar-refractivity contribution in [2.24, 2.45) is 5.92 Å². The zero-order valence-corrected chi connectivity index (χ0v) is 14.1. The molecule has 4 nitrogen and oxygen atoms in total. The van der Waals surface area contributed by atoms with Crippen molar-refractivity contribution in [3.8, 4) is 0 Å². The quantitative estimate of drug-likeness (QED) is 0.804. The number of hydrogen-bond donors (Lipinski definition) is 0. The Morgan fingerprint density at radius 2 is 2.15 bits per heavy atom. The van der Waals surface area contributed by atoms with Gasteiger partial charge in [-0.15, -0.1) is 0 Å². The second-order valence-electron chi connectivity index (χ2n) is 4.86. The smallest absolute Gasteiger partial charge is 0.266 e. The Labute approximate surface area is 132 Å². The Balaban J connectivity index is 2.31. The van der Waals surface area contributed by atoms with E-state index in [9.17, 15) is 13.2 Å². The van der Waals surface area contributed by atoms with Crippen molar-refractivity contribution in [1.82, 2.24) is 4.31 Å². The summed E-state index contributed by atoms with van der Waals surface area (Å²) < 4.78 is 26.5. The maximum atomic E-state index is 12.5. The molecule has 1 amide bonds. The minimum atomic E-state index is -3.78. The highest BCUT2D eigenvalue weighted by Gasteiger charge is 2.37. The number of amides is 1. The largest absolute Gasteiger partial charge is 0.274 e. The zero-order chi connectivity index (χ0) is 14.9. The third kappa shape index (κ3) is 3.02. The fourth-order valence-electron chi connectivity index (χ4n) is 2.35. The summed E-state index contributed by atoms with van der Waals surface area (Å²) >= 11 is 9.06. The minimum Gasteiger partial charge on any atom is -0.274 e. The van der Waals surface area contributed by atoms with Gasteiger partial charge in [0.1, 0.15) is 0 Å². The molecule has 1 unspecified atom stereocenters. The van der Waals surface area contributed by atoms with Gasteiger partial charge in [0, 0.05) is 17.4 Å². The summed E-state index contributed by atoms with van der Waals surface area (Å²) in [6.45, 7) is 2.30. The molecular formula is C13H15BrClNO3S. The summed E-state index contributed by atoms with van der Waals surface area (Å²) in [6.07, 6.45) is 2.11. The predicted molar refractivity (Wildman–Crippen MR) is 81.1 cm³/mol. The Morgan fingerprint density at radius 1 is 1.45 bits per heavy atom. The molecule has 2 rings (SSSR count). The molecule has 20 heavy (non-hydrogen) atoms. The van der Waals surface area contributed by atoms with Gasteiger partial charge in [0.2, 0.25) is 5.91 Å². The van der Waals surface area contributed by atoms with Gasteiger partial charge in [-0.05, 0) is 46.5 Å². The molecule has 110 valence electrons. The van der Waals surface area contributed by atoms with Crippen LogP contribution >= 0.6 is 27.5 Å². The molecule has 0 aliphatic carbocycles. The van der Waals surface area contributed by atoms with Crippen molar-refractivity contribution < 1.29 is 13.2 Å². The van der Waals surface area contributed by atoms with E-state index in [1.54, 1.807) is 0 Å². The van der Waals surface area contributed by atoms with Crippen molar-refractivity contribution in [1.29, 1.82) is 0 Å². The molecular weight excluding hydrogens is 366 g/mol. The van der Waals surface area contributed by atoms with Crippen molar-refractivity contribution in [2.45, 2.75) is 31.1 Å². The SMILES string of the molecule is CCCC1CC(=O)N(S(=O)(=O)c2ccc(Cl)c(Br)c2)C1. The second-order valence-corrected chi connectivity index (χ2v) is 7.99. The number of hydrogen-bond acceptors (Lipinski definition) is 3. The fourth-order valence-corrected chi connectivity index (χ4v) is 4.51. The Morgan fingerprint density at radius 3 is 2.75 bits per heavy atom.